The minimum absolute atomic E-state index is 0.00496. The van der Waals surface area contributed by atoms with E-state index >= 15 is 0 Å². The first kappa shape index (κ1) is 26.8. The van der Waals surface area contributed by atoms with Gasteiger partial charge in [-0.15, -0.1) is 23.1 Å². The smallest absolute Gasteiger partial charge is 0.269 e. The molecule has 1 aromatic heterocycles. The van der Waals surface area contributed by atoms with Gasteiger partial charge >= 0.3 is 10.3 Å². The molecule has 1 aliphatic heterocycles. The lowest BCUT2D eigenvalue weighted by Crippen LogP contribution is -2.32. The van der Waals surface area contributed by atoms with Crippen LogP contribution in [0, 0.1) is 0 Å². The number of thiazole rings is 1. The van der Waals surface area contributed by atoms with Crippen molar-refractivity contribution in [3.05, 3.63) is 93.3 Å². The van der Waals surface area contributed by atoms with E-state index in [0.29, 0.717) is 25.0 Å². The minimum atomic E-state index is -4.37. The number of nitrogens with zero attached hydrogens (tertiary/aromatic N) is 1. The van der Waals surface area contributed by atoms with Crippen LogP contribution in [0.1, 0.15) is 46.0 Å². The summed E-state index contributed by atoms with van der Waals surface area (Å²) < 4.78 is 61.9. The van der Waals surface area contributed by atoms with Crippen LogP contribution in [0.5, 0.6) is 0 Å². The highest BCUT2D eigenvalue weighted by Gasteiger charge is 2.25. The summed E-state index contributed by atoms with van der Waals surface area (Å²) in [5, 5.41) is 5.17. The van der Waals surface area contributed by atoms with Crippen molar-refractivity contribution in [2.75, 3.05) is 10.5 Å². The second-order valence-corrected chi connectivity index (χ2v) is 13.4. The zero-order valence-corrected chi connectivity index (χ0v) is 22.5. The van der Waals surface area contributed by atoms with Crippen LogP contribution >= 0.6 is 23.1 Å². The molecule has 0 fully saturated rings. The quantitative estimate of drug-likeness (QED) is 0.267. The number of anilines is 1. The second-order valence-electron chi connectivity index (χ2n) is 8.40. The van der Waals surface area contributed by atoms with Crippen LogP contribution in [0.2, 0.25) is 0 Å². The lowest BCUT2D eigenvalue weighted by Gasteiger charge is -2.18. The van der Waals surface area contributed by atoms with Crippen molar-refractivity contribution in [1.29, 1.82) is 0 Å². The van der Waals surface area contributed by atoms with Gasteiger partial charge in [-0.25, -0.2) is 18.1 Å². The van der Waals surface area contributed by atoms with E-state index in [-0.39, 0.29) is 16.7 Å². The monoisotopic (exact) mass is 565 g/mol. The Kier molecular flexibility index (Phi) is 8.86. The van der Waals surface area contributed by atoms with E-state index in [1.54, 1.807) is 23.9 Å². The molecule has 0 saturated carbocycles. The Morgan fingerprint density at radius 3 is 2.44 bits per heavy atom. The first-order valence-electron chi connectivity index (χ1n) is 11.3. The molecule has 3 aromatic rings. The van der Waals surface area contributed by atoms with Crippen LogP contribution in [-0.2, 0) is 33.2 Å². The molecule has 0 aliphatic carbocycles. The van der Waals surface area contributed by atoms with Crippen LogP contribution in [0.4, 0.5) is 5.69 Å². The predicted molar refractivity (Wildman–Crippen MR) is 146 cm³/mol. The standard InChI is InChI=1S/C24H27N3O5S4/c28-35(29,15-5-8-18-6-2-1-3-7-18)27-21(22-17-34-24(25-22)23-9-4-14-33-23)16-19-10-12-20(13-11-19)26-36(30,31)32/h1-4,6-7,10-14,17,21,23,26-27H,5,8-9,15-16H2,(H,30,31,32)/t21-,23?/m0/s1. The number of allylic oxidation sites excluding steroid dienone is 1. The largest absolute Gasteiger partial charge is 0.357 e. The molecule has 0 spiro atoms. The summed E-state index contributed by atoms with van der Waals surface area (Å²) in [6.45, 7) is 0. The van der Waals surface area contributed by atoms with E-state index in [1.165, 1.54) is 23.5 Å². The summed E-state index contributed by atoms with van der Waals surface area (Å²) >= 11 is 3.23. The van der Waals surface area contributed by atoms with Gasteiger partial charge in [0.25, 0.3) is 0 Å². The molecule has 2 heterocycles. The summed E-state index contributed by atoms with van der Waals surface area (Å²) in [6.07, 6.45) is 4.50. The van der Waals surface area contributed by atoms with Crippen molar-refractivity contribution in [3.8, 4) is 0 Å². The summed E-state index contributed by atoms with van der Waals surface area (Å²) in [5.41, 5.74) is 2.75. The van der Waals surface area contributed by atoms with E-state index in [4.69, 9.17) is 9.54 Å². The third-order valence-electron chi connectivity index (χ3n) is 5.55. The molecule has 192 valence electrons. The summed E-state index contributed by atoms with van der Waals surface area (Å²) in [4.78, 5) is 4.77. The zero-order chi connectivity index (χ0) is 25.6. The lowest BCUT2D eigenvalue weighted by molar-refractivity contribution is 0.489. The Labute approximate surface area is 220 Å². The van der Waals surface area contributed by atoms with E-state index in [9.17, 15) is 16.8 Å². The molecular formula is C24H27N3O5S4. The number of nitrogens with one attached hydrogen (secondary N) is 2. The molecule has 0 radical (unpaired) electrons. The molecule has 2 aromatic carbocycles. The van der Waals surface area contributed by atoms with Gasteiger partial charge in [-0.3, -0.25) is 9.27 Å². The average molecular weight is 566 g/mol. The molecule has 36 heavy (non-hydrogen) atoms. The van der Waals surface area contributed by atoms with Gasteiger partial charge in [-0.05, 0) is 54.4 Å². The maximum Gasteiger partial charge on any atom is 0.357 e. The number of hydrogen-bond donors (Lipinski definition) is 3. The number of rotatable bonds is 12. The second kappa shape index (κ2) is 11.9. The van der Waals surface area contributed by atoms with Gasteiger partial charge in [0.2, 0.25) is 10.0 Å². The minimum Gasteiger partial charge on any atom is -0.269 e. The van der Waals surface area contributed by atoms with Gasteiger partial charge in [-0.1, -0.05) is 48.5 Å². The number of aromatic nitrogens is 1. The summed E-state index contributed by atoms with van der Waals surface area (Å²) in [6, 6.07) is 15.6. The zero-order valence-electron chi connectivity index (χ0n) is 19.3. The molecule has 0 bridgehead atoms. The molecule has 1 unspecified atom stereocenters. The van der Waals surface area contributed by atoms with Gasteiger partial charge in [0.1, 0.15) is 5.01 Å². The third-order valence-corrected chi connectivity index (χ3v) is 9.73. The predicted octanol–water partition coefficient (Wildman–Crippen LogP) is 4.89. The van der Waals surface area contributed by atoms with Crippen LogP contribution in [-0.4, -0.2) is 32.1 Å². The fourth-order valence-corrected chi connectivity index (χ4v) is 7.55. The first-order chi connectivity index (χ1) is 17.2. The number of sulfonamides is 1. The Hall–Kier alpha value is -2.22. The summed E-state index contributed by atoms with van der Waals surface area (Å²) in [5.74, 6) is -0.00496. The van der Waals surface area contributed by atoms with Gasteiger partial charge in [0.05, 0.1) is 28.4 Å². The van der Waals surface area contributed by atoms with Crippen LogP contribution in [0.3, 0.4) is 0 Å². The normalized spacial score (nSPS) is 16.8. The maximum absolute atomic E-state index is 13.0. The van der Waals surface area contributed by atoms with Crippen molar-refractivity contribution in [2.24, 2.45) is 0 Å². The topological polar surface area (TPSA) is 125 Å². The van der Waals surface area contributed by atoms with Crippen molar-refractivity contribution >= 4 is 49.1 Å². The first-order valence-corrected chi connectivity index (χ1v) is 16.2. The van der Waals surface area contributed by atoms with Gasteiger partial charge in [0, 0.05) is 5.38 Å². The molecule has 0 saturated heterocycles. The van der Waals surface area contributed by atoms with E-state index < -0.39 is 26.4 Å². The Morgan fingerprint density at radius 1 is 1.03 bits per heavy atom. The SMILES string of the molecule is O=S(=O)(O)Nc1ccc(C[C@H](NS(=O)(=O)CCCc2ccccc2)c2csc(C3CC=CS3)n2)cc1. The van der Waals surface area contributed by atoms with Gasteiger partial charge in [0.15, 0.2) is 0 Å². The molecular weight excluding hydrogens is 539 g/mol. The van der Waals surface area contributed by atoms with Crippen molar-refractivity contribution in [3.63, 3.8) is 0 Å². The molecule has 1 aliphatic rings. The molecule has 2 atom stereocenters. The fraction of sp³-hybridized carbons (Fsp3) is 0.292. The van der Waals surface area contributed by atoms with E-state index in [2.05, 4.69) is 16.2 Å². The fourth-order valence-electron chi connectivity index (χ4n) is 3.84. The Balaban J connectivity index is 1.48. The van der Waals surface area contributed by atoms with Crippen LogP contribution in [0.25, 0.3) is 0 Å². The summed E-state index contributed by atoms with van der Waals surface area (Å²) in [7, 11) is -7.96. The van der Waals surface area contributed by atoms with E-state index in [1.807, 2.05) is 40.4 Å². The molecule has 8 nitrogen and oxygen atoms in total. The van der Waals surface area contributed by atoms with Gasteiger partial charge in [-0.2, -0.15) is 8.42 Å². The number of aryl methyl sites for hydroxylation is 1. The van der Waals surface area contributed by atoms with E-state index in [0.717, 1.165) is 22.6 Å². The van der Waals surface area contributed by atoms with Crippen molar-refractivity contribution < 1.29 is 21.4 Å². The average Bonchev–Trinajstić information content (AvgIpc) is 3.52. The molecule has 0 amide bonds. The number of benzene rings is 2. The number of thioether (sulfide) groups is 1. The number of hydrogen-bond acceptors (Lipinski definition) is 7. The highest BCUT2D eigenvalue weighted by molar-refractivity contribution is 8.02. The van der Waals surface area contributed by atoms with Crippen molar-refractivity contribution in [1.82, 2.24) is 9.71 Å². The highest BCUT2D eigenvalue weighted by Crippen LogP contribution is 2.40. The lowest BCUT2D eigenvalue weighted by atomic mass is 10.0. The molecule has 3 N–H and O–H groups in total. The Morgan fingerprint density at radius 2 is 1.78 bits per heavy atom. The third kappa shape index (κ3) is 8.15. The molecule has 4 rings (SSSR count). The highest BCUT2D eigenvalue weighted by atomic mass is 32.2. The Bertz CT molecular complexity index is 1380. The maximum atomic E-state index is 13.0. The van der Waals surface area contributed by atoms with Crippen LogP contribution < -0.4 is 9.44 Å². The van der Waals surface area contributed by atoms with Crippen LogP contribution in [0.15, 0.2) is 71.5 Å². The van der Waals surface area contributed by atoms with Gasteiger partial charge < -0.3 is 0 Å². The van der Waals surface area contributed by atoms with Crippen molar-refractivity contribution in [2.45, 2.75) is 37.0 Å². The molecule has 12 heteroatoms.